The van der Waals surface area contributed by atoms with Crippen LogP contribution in [0.15, 0.2) is 48.7 Å². The topological polar surface area (TPSA) is 71.2 Å². The fraction of sp³-hybridized carbons (Fsp3) is 0.0625. The van der Waals surface area contributed by atoms with E-state index < -0.39 is 0 Å². The molecule has 20 heavy (non-hydrogen) atoms. The Hall–Kier alpha value is -2.75. The number of nitrogens with one attached hydrogen (secondary N) is 1. The highest BCUT2D eigenvalue weighted by atomic mass is 16.3. The minimum atomic E-state index is 0.214. The number of aryl methyl sites for hydroxylation is 1. The standard InChI is InChI=1S/C16H15N3O/c1-10-7-14-13(15(17)8-10)5-6-18-16(14)19-11-3-2-4-12(20)9-11/h2-9,20H,17H2,1H3,(H,18,19). The summed E-state index contributed by atoms with van der Waals surface area (Å²) in [5.41, 5.74) is 8.65. The summed E-state index contributed by atoms with van der Waals surface area (Å²) in [5.74, 6) is 0.939. The van der Waals surface area contributed by atoms with Gasteiger partial charge in [0.25, 0.3) is 0 Å². The number of fused-ring (bicyclic) bond motifs is 1. The molecule has 0 aliphatic rings. The van der Waals surface area contributed by atoms with Crippen LogP contribution in [0.25, 0.3) is 10.8 Å². The molecule has 4 nitrogen and oxygen atoms in total. The van der Waals surface area contributed by atoms with Gasteiger partial charge in [-0.25, -0.2) is 4.98 Å². The Labute approximate surface area is 116 Å². The molecule has 0 saturated heterocycles. The van der Waals surface area contributed by atoms with Crippen LogP contribution in [-0.4, -0.2) is 10.1 Å². The van der Waals surface area contributed by atoms with Crippen LogP contribution in [0.1, 0.15) is 5.56 Å². The van der Waals surface area contributed by atoms with Gasteiger partial charge >= 0.3 is 0 Å². The molecule has 0 aliphatic carbocycles. The number of anilines is 3. The molecular formula is C16H15N3O. The third-order valence-electron chi connectivity index (χ3n) is 3.17. The summed E-state index contributed by atoms with van der Waals surface area (Å²) in [6.45, 7) is 2.00. The van der Waals surface area contributed by atoms with Gasteiger partial charge in [0.15, 0.2) is 0 Å². The molecule has 0 atom stereocenters. The molecule has 0 saturated carbocycles. The first kappa shape index (κ1) is 12.3. The lowest BCUT2D eigenvalue weighted by atomic mass is 10.1. The molecule has 0 spiro atoms. The Morgan fingerprint density at radius 3 is 2.75 bits per heavy atom. The highest BCUT2D eigenvalue weighted by molar-refractivity contribution is 6.00. The molecule has 0 amide bonds. The number of hydrogen-bond acceptors (Lipinski definition) is 4. The first-order chi connectivity index (χ1) is 9.63. The summed E-state index contributed by atoms with van der Waals surface area (Å²) in [6.07, 6.45) is 1.72. The minimum Gasteiger partial charge on any atom is -0.508 e. The number of nitrogens with zero attached hydrogens (tertiary/aromatic N) is 1. The van der Waals surface area contributed by atoms with Crippen LogP contribution in [0.2, 0.25) is 0 Å². The third-order valence-corrected chi connectivity index (χ3v) is 3.17. The molecule has 3 aromatic rings. The zero-order chi connectivity index (χ0) is 14.1. The Morgan fingerprint density at radius 2 is 1.95 bits per heavy atom. The molecule has 1 aromatic heterocycles. The second-order valence-electron chi connectivity index (χ2n) is 4.78. The Morgan fingerprint density at radius 1 is 1.10 bits per heavy atom. The minimum absolute atomic E-state index is 0.214. The Bertz CT molecular complexity index is 784. The van der Waals surface area contributed by atoms with Gasteiger partial charge in [0.1, 0.15) is 11.6 Å². The number of aromatic nitrogens is 1. The van der Waals surface area contributed by atoms with Crippen molar-refractivity contribution in [3.8, 4) is 5.75 Å². The van der Waals surface area contributed by atoms with Crippen LogP contribution in [0.5, 0.6) is 5.75 Å². The highest BCUT2D eigenvalue weighted by Gasteiger charge is 2.06. The van der Waals surface area contributed by atoms with E-state index in [1.54, 1.807) is 24.4 Å². The highest BCUT2D eigenvalue weighted by Crippen LogP contribution is 2.29. The lowest BCUT2D eigenvalue weighted by molar-refractivity contribution is 0.475. The lowest BCUT2D eigenvalue weighted by Gasteiger charge is -2.11. The SMILES string of the molecule is Cc1cc(N)c2ccnc(Nc3cccc(O)c3)c2c1. The van der Waals surface area contributed by atoms with Crippen LogP contribution in [-0.2, 0) is 0 Å². The van der Waals surface area contributed by atoms with Gasteiger partial charge < -0.3 is 16.2 Å². The molecule has 1 heterocycles. The molecule has 3 rings (SSSR count). The largest absolute Gasteiger partial charge is 0.508 e. The number of pyridine rings is 1. The molecule has 2 aromatic carbocycles. The summed E-state index contributed by atoms with van der Waals surface area (Å²) in [6, 6.07) is 12.8. The van der Waals surface area contributed by atoms with Crippen LogP contribution >= 0.6 is 0 Å². The smallest absolute Gasteiger partial charge is 0.138 e. The van der Waals surface area contributed by atoms with Crippen molar-refractivity contribution in [3.63, 3.8) is 0 Å². The van der Waals surface area contributed by atoms with Crippen molar-refractivity contribution in [2.45, 2.75) is 6.92 Å². The molecule has 0 bridgehead atoms. The van der Waals surface area contributed by atoms with Gasteiger partial charge in [0, 0.05) is 34.4 Å². The van der Waals surface area contributed by atoms with Crippen molar-refractivity contribution in [2.24, 2.45) is 0 Å². The van der Waals surface area contributed by atoms with Gasteiger partial charge in [0.05, 0.1) is 0 Å². The van der Waals surface area contributed by atoms with Crippen molar-refractivity contribution in [2.75, 3.05) is 11.1 Å². The zero-order valence-electron chi connectivity index (χ0n) is 11.1. The lowest BCUT2D eigenvalue weighted by Crippen LogP contribution is -1.96. The molecule has 0 radical (unpaired) electrons. The number of aromatic hydroxyl groups is 1. The van der Waals surface area contributed by atoms with Crippen LogP contribution in [0.3, 0.4) is 0 Å². The van der Waals surface area contributed by atoms with Crippen LogP contribution in [0.4, 0.5) is 17.2 Å². The maximum atomic E-state index is 9.51. The average molecular weight is 265 g/mol. The van der Waals surface area contributed by atoms with Crippen molar-refractivity contribution in [3.05, 3.63) is 54.2 Å². The van der Waals surface area contributed by atoms with Crippen molar-refractivity contribution >= 4 is 28.0 Å². The summed E-state index contributed by atoms with van der Waals surface area (Å²) in [5, 5.41) is 14.7. The van der Waals surface area contributed by atoms with E-state index in [0.29, 0.717) is 0 Å². The predicted octanol–water partition coefficient (Wildman–Crippen LogP) is 3.57. The number of nitrogen functional groups attached to an aromatic ring is 1. The maximum absolute atomic E-state index is 9.51. The van der Waals surface area contributed by atoms with E-state index in [4.69, 9.17) is 5.73 Å². The van der Waals surface area contributed by atoms with E-state index in [9.17, 15) is 5.11 Å². The normalized spacial score (nSPS) is 10.7. The van der Waals surface area contributed by atoms with Gasteiger partial charge in [-0.2, -0.15) is 0 Å². The van der Waals surface area contributed by atoms with E-state index in [2.05, 4.69) is 10.3 Å². The summed E-state index contributed by atoms with van der Waals surface area (Å²) >= 11 is 0. The number of benzene rings is 2. The Kier molecular flexibility index (Phi) is 2.91. The average Bonchev–Trinajstić information content (AvgIpc) is 2.40. The molecule has 4 N–H and O–H groups in total. The second kappa shape index (κ2) is 4.74. The van der Waals surface area contributed by atoms with Gasteiger partial charge in [-0.3, -0.25) is 0 Å². The quantitative estimate of drug-likeness (QED) is 0.619. The monoisotopic (exact) mass is 265 g/mol. The molecular weight excluding hydrogens is 250 g/mol. The molecule has 0 aliphatic heterocycles. The Balaban J connectivity index is 2.12. The number of phenols is 1. The van der Waals surface area contributed by atoms with Gasteiger partial charge in [-0.15, -0.1) is 0 Å². The van der Waals surface area contributed by atoms with E-state index in [0.717, 1.165) is 33.5 Å². The number of rotatable bonds is 2. The van der Waals surface area contributed by atoms with E-state index >= 15 is 0 Å². The fourth-order valence-corrected chi connectivity index (χ4v) is 2.28. The fourth-order valence-electron chi connectivity index (χ4n) is 2.28. The second-order valence-corrected chi connectivity index (χ2v) is 4.78. The van der Waals surface area contributed by atoms with Gasteiger partial charge in [-0.05, 0) is 42.8 Å². The van der Waals surface area contributed by atoms with Crippen molar-refractivity contribution < 1.29 is 5.11 Å². The number of hydrogen-bond donors (Lipinski definition) is 3. The third kappa shape index (κ3) is 2.23. The van der Waals surface area contributed by atoms with Gasteiger partial charge in [0.2, 0.25) is 0 Å². The van der Waals surface area contributed by atoms with Crippen LogP contribution in [0, 0.1) is 6.92 Å². The van der Waals surface area contributed by atoms with Crippen LogP contribution < -0.4 is 11.1 Å². The van der Waals surface area contributed by atoms with Crippen molar-refractivity contribution in [1.82, 2.24) is 4.98 Å². The number of phenolic OH excluding ortho intramolecular Hbond substituents is 1. The van der Waals surface area contributed by atoms with E-state index in [-0.39, 0.29) is 5.75 Å². The molecule has 4 heteroatoms. The van der Waals surface area contributed by atoms with E-state index in [1.807, 2.05) is 31.2 Å². The predicted molar refractivity (Wildman–Crippen MR) is 82.3 cm³/mol. The number of nitrogens with two attached hydrogens (primary N) is 1. The van der Waals surface area contributed by atoms with E-state index in [1.165, 1.54) is 0 Å². The maximum Gasteiger partial charge on any atom is 0.138 e. The first-order valence-corrected chi connectivity index (χ1v) is 6.34. The molecule has 0 fully saturated rings. The van der Waals surface area contributed by atoms with Gasteiger partial charge in [-0.1, -0.05) is 6.07 Å². The summed E-state index contributed by atoms with van der Waals surface area (Å²) in [7, 11) is 0. The summed E-state index contributed by atoms with van der Waals surface area (Å²) in [4.78, 5) is 4.37. The zero-order valence-corrected chi connectivity index (χ0v) is 11.1. The summed E-state index contributed by atoms with van der Waals surface area (Å²) < 4.78 is 0. The van der Waals surface area contributed by atoms with Crippen molar-refractivity contribution in [1.29, 1.82) is 0 Å². The molecule has 100 valence electrons. The first-order valence-electron chi connectivity index (χ1n) is 6.34. The molecule has 0 unspecified atom stereocenters.